The van der Waals surface area contributed by atoms with E-state index >= 15 is 0 Å². The van der Waals surface area contributed by atoms with E-state index in [-0.39, 0.29) is 0 Å². The van der Waals surface area contributed by atoms with Crippen molar-refractivity contribution in [2.75, 3.05) is 13.3 Å². The van der Waals surface area contributed by atoms with Crippen LogP contribution in [0.2, 0.25) is 0 Å². The van der Waals surface area contributed by atoms with Gasteiger partial charge in [0.25, 0.3) is 0 Å². The molecule has 1 unspecified atom stereocenters. The number of allylic oxidation sites excluding steroid dienone is 2. The Labute approximate surface area is 122 Å². The van der Waals surface area contributed by atoms with Crippen molar-refractivity contribution in [1.29, 1.82) is 0 Å². The molecule has 0 amide bonds. The third-order valence-corrected chi connectivity index (χ3v) is 4.41. The SMILES string of the molecule is Brc1cc2c(cc1CNCC1CC=CCC1)OCO2. The normalized spacial score (nSPS) is 20.8. The number of ether oxygens (including phenoxy) is 2. The summed E-state index contributed by atoms with van der Waals surface area (Å²) in [7, 11) is 0. The van der Waals surface area contributed by atoms with Crippen LogP contribution in [0.5, 0.6) is 11.5 Å². The first-order chi connectivity index (χ1) is 9.33. The Hall–Kier alpha value is -1.00. The van der Waals surface area contributed by atoms with Gasteiger partial charge in [0.05, 0.1) is 0 Å². The van der Waals surface area contributed by atoms with E-state index in [0.29, 0.717) is 6.79 Å². The molecule has 0 bridgehead atoms. The molecule has 1 heterocycles. The lowest BCUT2D eigenvalue weighted by atomic mass is 9.94. The maximum absolute atomic E-state index is 5.41. The Morgan fingerprint density at radius 1 is 1.21 bits per heavy atom. The highest BCUT2D eigenvalue weighted by Gasteiger charge is 2.16. The Kier molecular flexibility index (Phi) is 4.09. The molecule has 0 spiro atoms. The number of hydrogen-bond donors (Lipinski definition) is 1. The van der Waals surface area contributed by atoms with Gasteiger partial charge in [0.1, 0.15) is 0 Å². The molecule has 3 rings (SSSR count). The van der Waals surface area contributed by atoms with Gasteiger partial charge in [-0.2, -0.15) is 0 Å². The van der Waals surface area contributed by atoms with E-state index in [2.05, 4.69) is 39.5 Å². The van der Waals surface area contributed by atoms with Crippen LogP contribution in [0.15, 0.2) is 28.8 Å². The Bertz CT molecular complexity index is 487. The summed E-state index contributed by atoms with van der Waals surface area (Å²) in [6.45, 7) is 2.26. The minimum Gasteiger partial charge on any atom is -0.454 e. The summed E-state index contributed by atoms with van der Waals surface area (Å²) < 4.78 is 11.8. The lowest BCUT2D eigenvalue weighted by molar-refractivity contribution is 0.174. The highest BCUT2D eigenvalue weighted by molar-refractivity contribution is 9.10. The van der Waals surface area contributed by atoms with Gasteiger partial charge in [-0.1, -0.05) is 28.1 Å². The average Bonchev–Trinajstić information content (AvgIpc) is 2.87. The van der Waals surface area contributed by atoms with Gasteiger partial charge in [0.15, 0.2) is 11.5 Å². The molecule has 1 aliphatic carbocycles. The lowest BCUT2D eigenvalue weighted by Crippen LogP contribution is -2.23. The second-order valence-electron chi connectivity index (χ2n) is 5.08. The molecular formula is C15H18BrNO2. The van der Waals surface area contributed by atoms with E-state index in [0.717, 1.165) is 35.0 Å². The predicted molar refractivity (Wildman–Crippen MR) is 78.5 cm³/mol. The smallest absolute Gasteiger partial charge is 0.231 e. The van der Waals surface area contributed by atoms with Crippen molar-refractivity contribution < 1.29 is 9.47 Å². The number of hydrogen-bond acceptors (Lipinski definition) is 3. The summed E-state index contributed by atoms with van der Waals surface area (Å²) in [5.74, 6) is 2.45. The fourth-order valence-electron chi connectivity index (χ4n) is 2.55. The third kappa shape index (κ3) is 3.12. The average molecular weight is 324 g/mol. The zero-order valence-electron chi connectivity index (χ0n) is 10.8. The van der Waals surface area contributed by atoms with E-state index in [1.165, 1.54) is 24.8 Å². The van der Waals surface area contributed by atoms with Crippen LogP contribution in [0.3, 0.4) is 0 Å². The number of benzene rings is 1. The molecule has 4 heteroatoms. The van der Waals surface area contributed by atoms with Gasteiger partial charge < -0.3 is 14.8 Å². The fraction of sp³-hybridized carbons (Fsp3) is 0.467. The summed E-state index contributed by atoms with van der Waals surface area (Å²) in [6, 6.07) is 4.04. The molecular weight excluding hydrogens is 306 g/mol. The fourth-order valence-corrected chi connectivity index (χ4v) is 3.01. The second kappa shape index (κ2) is 5.97. The van der Waals surface area contributed by atoms with Gasteiger partial charge >= 0.3 is 0 Å². The zero-order chi connectivity index (χ0) is 13.1. The van der Waals surface area contributed by atoms with Crippen LogP contribution in [-0.4, -0.2) is 13.3 Å². The summed E-state index contributed by atoms with van der Waals surface area (Å²) in [5, 5.41) is 3.54. The molecule has 0 saturated heterocycles. The van der Waals surface area contributed by atoms with Crippen molar-refractivity contribution in [2.24, 2.45) is 5.92 Å². The van der Waals surface area contributed by atoms with Crippen molar-refractivity contribution in [3.63, 3.8) is 0 Å². The number of nitrogens with one attached hydrogen (secondary N) is 1. The molecule has 0 radical (unpaired) electrons. The van der Waals surface area contributed by atoms with E-state index < -0.39 is 0 Å². The van der Waals surface area contributed by atoms with Gasteiger partial charge in [-0.25, -0.2) is 0 Å². The molecule has 1 N–H and O–H groups in total. The summed E-state index contributed by atoms with van der Waals surface area (Å²) >= 11 is 3.59. The summed E-state index contributed by atoms with van der Waals surface area (Å²) in [4.78, 5) is 0. The van der Waals surface area contributed by atoms with E-state index in [9.17, 15) is 0 Å². The molecule has 3 nitrogen and oxygen atoms in total. The first kappa shape index (κ1) is 13.0. The minimum atomic E-state index is 0.326. The van der Waals surface area contributed by atoms with Crippen molar-refractivity contribution >= 4 is 15.9 Å². The molecule has 1 aliphatic heterocycles. The van der Waals surface area contributed by atoms with E-state index in [1.54, 1.807) is 0 Å². The molecule has 0 fully saturated rings. The van der Waals surface area contributed by atoms with Crippen LogP contribution in [0.25, 0.3) is 0 Å². The standard InChI is InChI=1S/C15H18BrNO2/c16-13-7-15-14(18-10-19-15)6-12(13)9-17-8-11-4-2-1-3-5-11/h1-2,6-7,11,17H,3-5,8-10H2. The summed E-state index contributed by atoms with van der Waals surface area (Å²) in [5.41, 5.74) is 1.22. The van der Waals surface area contributed by atoms with Gasteiger partial charge in [0.2, 0.25) is 6.79 Å². The van der Waals surface area contributed by atoms with Crippen molar-refractivity contribution in [2.45, 2.75) is 25.8 Å². The van der Waals surface area contributed by atoms with Crippen LogP contribution >= 0.6 is 15.9 Å². The zero-order valence-corrected chi connectivity index (χ0v) is 12.4. The maximum atomic E-state index is 5.41. The first-order valence-corrected chi connectivity index (χ1v) is 7.56. The van der Waals surface area contributed by atoms with Gasteiger partial charge in [-0.05, 0) is 49.4 Å². The highest BCUT2D eigenvalue weighted by Crippen LogP contribution is 2.36. The Balaban J connectivity index is 1.56. The van der Waals surface area contributed by atoms with E-state index in [1.807, 2.05) is 6.07 Å². The van der Waals surface area contributed by atoms with E-state index in [4.69, 9.17) is 9.47 Å². The van der Waals surface area contributed by atoms with Crippen molar-refractivity contribution in [3.8, 4) is 11.5 Å². The highest BCUT2D eigenvalue weighted by atomic mass is 79.9. The first-order valence-electron chi connectivity index (χ1n) is 6.76. The molecule has 1 aromatic carbocycles. The molecule has 0 aromatic heterocycles. The third-order valence-electron chi connectivity index (χ3n) is 3.67. The number of halogens is 1. The maximum Gasteiger partial charge on any atom is 0.231 e. The molecule has 2 aliphatic rings. The second-order valence-corrected chi connectivity index (χ2v) is 5.93. The summed E-state index contributed by atoms with van der Waals surface area (Å²) in [6.07, 6.45) is 8.30. The minimum absolute atomic E-state index is 0.326. The molecule has 0 saturated carbocycles. The van der Waals surface area contributed by atoms with Gasteiger partial charge in [-0.15, -0.1) is 0 Å². The molecule has 19 heavy (non-hydrogen) atoms. The van der Waals surface area contributed by atoms with Crippen LogP contribution in [0.4, 0.5) is 0 Å². The van der Waals surface area contributed by atoms with Crippen LogP contribution in [-0.2, 0) is 6.54 Å². The number of fused-ring (bicyclic) bond motifs is 1. The Morgan fingerprint density at radius 3 is 2.84 bits per heavy atom. The largest absolute Gasteiger partial charge is 0.454 e. The van der Waals surface area contributed by atoms with Gasteiger partial charge in [0, 0.05) is 11.0 Å². The van der Waals surface area contributed by atoms with Crippen molar-refractivity contribution in [3.05, 3.63) is 34.3 Å². The number of rotatable bonds is 4. The van der Waals surface area contributed by atoms with Crippen LogP contribution < -0.4 is 14.8 Å². The monoisotopic (exact) mass is 323 g/mol. The van der Waals surface area contributed by atoms with Crippen LogP contribution in [0.1, 0.15) is 24.8 Å². The lowest BCUT2D eigenvalue weighted by Gasteiger charge is -2.18. The quantitative estimate of drug-likeness (QED) is 0.858. The van der Waals surface area contributed by atoms with Gasteiger partial charge in [-0.3, -0.25) is 0 Å². The Morgan fingerprint density at radius 2 is 2.05 bits per heavy atom. The molecule has 1 atom stereocenters. The topological polar surface area (TPSA) is 30.5 Å². The van der Waals surface area contributed by atoms with Crippen LogP contribution in [0, 0.1) is 5.92 Å². The predicted octanol–water partition coefficient (Wildman–Crippen LogP) is 3.62. The van der Waals surface area contributed by atoms with Crippen molar-refractivity contribution in [1.82, 2.24) is 5.32 Å². The molecule has 102 valence electrons. The molecule has 1 aromatic rings.